The van der Waals surface area contributed by atoms with Crippen molar-refractivity contribution in [2.24, 2.45) is 7.05 Å². The lowest BCUT2D eigenvalue weighted by Gasteiger charge is -2.00. The summed E-state index contributed by atoms with van der Waals surface area (Å²) in [5.74, 6) is 0. The highest BCUT2D eigenvalue weighted by Crippen LogP contribution is 2.12. The first-order valence-electron chi connectivity index (χ1n) is 3.90. The van der Waals surface area contributed by atoms with Crippen molar-refractivity contribution in [3.63, 3.8) is 0 Å². The predicted molar refractivity (Wildman–Crippen MR) is 47.6 cm³/mol. The molecule has 1 N–H and O–H groups in total. The molecule has 0 spiro atoms. The second kappa shape index (κ2) is 3.54. The molecule has 0 aliphatic carbocycles. The molecule has 0 saturated heterocycles. The van der Waals surface area contributed by atoms with E-state index >= 15 is 0 Å². The van der Waals surface area contributed by atoms with Crippen LogP contribution in [0.2, 0.25) is 0 Å². The van der Waals surface area contributed by atoms with E-state index in [1.165, 1.54) is 0 Å². The minimum atomic E-state index is -0.573. The Bertz CT molecular complexity index is 284. The maximum atomic E-state index is 9.55. The zero-order valence-corrected chi connectivity index (χ0v) is 7.65. The maximum absolute atomic E-state index is 9.55. The monoisotopic (exact) mass is 166 g/mol. The van der Waals surface area contributed by atoms with Crippen molar-refractivity contribution in [2.45, 2.75) is 20.0 Å². The van der Waals surface area contributed by atoms with Crippen LogP contribution in [0.25, 0.3) is 0 Å². The summed E-state index contributed by atoms with van der Waals surface area (Å²) >= 11 is 0. The Hall–Kier alpha value is -1.09. The molecule has 1 rings (SSSR count). The van der Waals surface area contributed by atoms with E-state index < -0.39 is 6.10 Å². The Balaban J connectivity index is 2.78. The third kappa shape index (κ3) is 2.20. The van der Waals surface area contributed by atoms with Gasteiger partial charge in [0.25, 0.3) is 0 Å². The van der Waals surface area contributed by atoms with E-state index in [1.807, 2.05) is 31.7 Å². The van der Waals surface area contributed by atoms with Crippen molar-refractivity contribution in [1.82, 2.24) is 9.55 Å². The number of aromatic nitrogens is 2. The van der Waals surface area contributed by atoms with E-state index in [0.29, 0.717) is 5.69 Å². The normalized spacial score (nSPS) is 12.7. The molecular weight excluding hydrogens is 152 g/mol. The smallest absolute Gasteiger partial charge is 0.116 e. The first-order valence-corrected chi connectivity index (χ1v) is 3.90. The lowest BCUT2D eigenvalue weighted by Crippen LogP contribution is -1.93. The van der Waals surface area contributed by atoms with Crippen LogP contribution in [0, 0.1) is 0 Å². The largest absolute Gasteiger partial charge is 0.383 e. The van der Waals surface area contributed by atoms with Crippen LogP contribution in [-0.4, -0.2) is 14.7 Å². The maximum Gasteiger partial charge on any atom is 0.116 e. The Kier molecular flexibility index (Phi) is 2.65. The van der Waals surface area contributed by atoms with Gasteiger partial charge in [-0.25, -0.2) is 4.98 Å². The predicted octanol–water partition coefficient (Wildman–Crippen LogP) is 1.42. The molecule has 0 amide bonds. The molecule has 1 unspecified atom stereocenters. The molecular formula is C9H14N2O. The van der Waals surface area contributed by atoms with Gasteiger partial charge in [0.1, 0.15) is 6.10 Å². The van der Waals surface area contributed by atoms with Crippen LogP contribution in [0.3, 0.4) is 0 Å². The van der Waals surface area contributed by atoms with Gasteiger partial charge in [-0.05, 0) is 13.8 Å². The number of hydrogen-bond acceptors (Lipinski definition) is 2. The number of imidazole rings is 1. The number of aliphatic hydroxyl groups excluding tert-OH is 1. The third-order valence-electron chi connectivity index (χ3n) is 1.52. The van der Waals surface area contributed by atoms with Crippen LogP contribution in [0.5, 0.6) is 0 Å². The molecule has 0 aromatic carbocycles. The Morgan fingerprint density at radius 3 is 2.75 bits per heavy atom. The topological polar surface area (TPSA) is 38.0 Å². The van der Waals surface area contributed by atoms with E-state index in [2.05, 4.69) is 4.98 Å². The van der Waals surface area contributed by atoms with E-state index in [9.17, 15) is 5.11 Å². The fraction of sp³-hybridized carbons (Fsp3) is 0.444. The van der Waals surface area contributed by atoms with Gasteiger partial charge in [0.15, 0.2) is 0 Å². The Morgan fingerprint density at radius 2 is 2.33 bits per heavy atom. The van der Waals surface area contributed by atoms with Crippen LogP contribution >= 0.6 is 0 Å². The van der Waals surface area contributed by atoms with Gasteiger partial charge in [0.2, 0.25) is 0 Å². The van der Waals surface area contributed by atoms with Crippen LogP contribution in [0.15, 0.2) is 24.2 Å². The highest BCUT2D eigenvalue weighted by molar-refractivity contribution is 5.11. The standard InChI is InChI=1S/C9H14N2O/c1-7(2)4-9(12)8-5-11(3)6-10-8/h4-6,9,12H,1-3H3. The van der Waals surface area contributed by atoms with E-state index in [-0.39, 0.29) is 0 Å². The van der Waals surface area contributed by atoms with Crippen molar-refractivity contribution in [3.8, 4) is 0 Å². The molecule has 1 aromatic rings. The van der Waals surface area contributed by atoms with E-state index in [1.54, 1.807) is 12.4 Å². The molecule has 0 bridgehead atoms. The highest BCUT2D eigenvalue weighted by Gasteiger charge is 2.05. The quantitative estimate of drug-likeness (QED) is 0.675. The average Bonchev–Trinajstić information content (AvgIpc) is 2.34. The second-order valence-electron chi connectivity index (χ2n) is 3.15. The van der Waals surface area contributed by atoms with E-state index in [4.69, 9.17) is 0 Å². The fourth-order valence-electron chi connectivity index (χ4n) is 0.987. The lowest BCUT2D eigenvalue weighted by molar-refractivity contribution is 0.223. The van der Waals surface area contributed by atoms with Crippen LogP contribution < -0.4 is 0 Å². The molecule has 0 aliphatic rings. The number of aryl methyl sites for hydroxylation is 1. The molecule has 12 heavy (non-hydrogen) atoms. The minimum Gasteiger partial charge on any atom is -0.383 e. The van der Waals surface area contributed by atoms with Crippen LogP contribution in [-0.2, 0) is 7.05 Å². The Labute approximate surface area is 72.4 Å². The van der Waals surface area contributed by atoms with Gasteiger partial charge in [0.05, 0.1) is 12.0 Å². The first-order chi connectivity index (χ1) is 5.59. The number of allylic oxidation sites excluding steroid dienone is 1. The minimum absolute atomic E-state index is 0.573. The number of rotatable bonds is 2. The number of aliphatic hydroxyl groups is 1. The molecule has 1 atom stereocenters. The van der Waals surface area contributed by atoms with Gasteiger partial charge >= 0.3 is 0 Å². The summed E-state index contributed by atoms with van der Waals surface area (Å²) < 4.78 is 1.82. The van der Waals surface area contributed by atoms with E-state index in [0.717, 1.165) is 5.57 Å². The molecule has 1 heterocycles. The highest BCUT2D eigenvalue weighted by atomic mass is 16.3. The van der Waals surface area contributed by atoms with Gasteiger partial charge in [0, 0.05) is 13.2 Å². The molecule has 0 saturated carbocycles. The van der Waals surface area contributed by atoms with Gasteiger partial charge in [-0.3, -0.25) is 0 Å². The summed E-state index contributed by atoms with van der Waals surface area (Å²) in [6, 6.07) is 0. The van der Waals surface area contributed by atoms with Gasteiger partial charge in [-0.15, -0.1) is 0 Å². The number of nitrogens with zero attached hydrogens (tertiary/aromatic N) is 2. The van der Waals surface area contributed by atoms with Crippen molar-refractivity contribution >= 4 is 0 Å². The summed E-state index contributed by atoms with van der Waals surface area (Å²) in [6.07, 6.45) is 4.69. The summed E-state index contributed by atoms with van der Waals surface area (Å²) in [5.41, 5.74) is 1.78. The van der Waals surface area contributed by atoms with Crippen molar-refractivity contribution in [1.29, 1.82) is 0 Å². The zero-order valence-electron chi connectivity index (χ0n) is 7.65. The van der Waals surface area contributed by atoms with Crippen LogP contribution in [0.1, 0.15) is 25.6 Å². The van der Waals surface area contributed by atoms with Crippen molar-refractivity contribution in [3.05, 3.63) is 29.9 Å². The molecule has 0 fully saturated rings. The lowest BCUT2D eigenvalue weighted by atomic mass is 10.2. The average molecular weight is 166 g/mol. The molecule has 1 aromatic heterocycles. The second-order valence-corrected chi connectivity index (χ2v) is 3.15. The summed E-state index contributed by atoms with van der Waals surface area (Å²) in [6.45, 7) is 3.90. The summed E-state index contributed by atoms with van der Waals surface area (Å²) in [4.78, 5) is 4.04. The Morgan fingerprint density at radius 1 is 1.67 bits per heavy atom. The third-order valence-corrected chi connectivity index (χ3v) is 1.52. The molecule has 3 nitrogen and oxygen atoms in total. The fourth-order valence-corrected chi connectivity index (χ4v) is 0.987. The summed E-state index contributed by atoms with van der Waals surface area (Å²) in [5, 5.41) is 9.55. The van der Waals surface area contributed by atoms with Gasteiger partial charge < -0.3 is 9.67 Å². The van der Waals surface area contributed by atoms with Gasteiger partial charge in [-0.1, -0.05) is 11.6 Å². The van der Waals surface area contributed by atoms with Crippen molar-refractivity contribution in [2.75, 3.05) is 0 Å². The summed E-state index contributed by atoms with van der Waals surface area (Å²) in [7, 11) is 1.88. The molecule has 0 radical (unpaired) electrons. The van der Waals surface area contributed by atoms with Gasteiger partial charge in [-0.2, -0.15) is 0 Å². The zero-order chi connectivity index (χ0) is 9.14. The molecule has 3 heteroatoms. The first kappa shape index (κ1) is 9.00. The SMILES string of the molecule is CC(C)=CC(O)c1cn(C)cn1. The number of hydrogen-bond donors (Lipinski definition) is 1. The molecule has 66 valence electrons. The van der Waals surface area contributed by atoms with Crippen LogP contribution in [0.4, 0.5) is 0 Å². The molecule has 0 aliphatic heterocycles. The van der Waals surface area contributed by atoms with Crippen molar-refractivity contribution < 1.29 is 5.11 Å².